The first-order chi connectivity index (χ1) is 11.9. The number of alkyl halides is 3. The van der Waals surface area contributed by atoms with E-state index in [9.17, 15) is 18.0 Å². The van der Waals surface area contributed by atoms with Gasteiger partial charge in [0.2, 0.25) is 5.91 Å². The molecule has 2 N–H and O–H groups in total. The number of hydrogen-bond donors (Lipinski definition) is 2. The first-order valence-electron chi connectivity index (χ1n) is 8.73. The van der Waals surface area contributed by atoms with Gasteiger partial charge in [-0.15, -0.1) is 0 Å². The zero-order chi connectivity index (χ0) is 17.9. The first kappa shape index (κ1) is 18.0. The molecule has 5 nitrogen and oxygen atoms in total. The number of nitrogens with zero attached hydrogens (tertiary/aromatic N) is 2. The van der Waals surface area contributed by atoms with Gasteiger partial charge in [-0.2, -0.15) is 13.2 Å². The Bertz CT molecular complexity index is 577. The van der Waals surface area contributed by atoms with Crippen LogP contribution in [0.2, 0.25) is 0 Å². The maximum atomic E-state index is 12.6. The highest BCUT2D eigenvalue weighted by atomic mass is 19.4. The lowest BCUT2D eigenvalue weighted by atomic mass is 9.96. The van der Waals surface area contributed by atoms with Gasteiger partial charge in [-0.1, -0.05) is 0 Å². The normalized spacial score (nSPS) is 20.5. The molecule has 8 heteroatoms. The van der Waals surface area contributed by atoms with E-state index in [2.05, 4.69) is 15.6 Å². The summed E-state index contributed by atoms with van der Waals surface area (Å²) in [4.78, 5) is 18.2. The average molecular weight is 356 g/mol. The predicted molar refractivity (Wildman–Crippen MR) is 88.2 cm³/mol. The van der Waals surface area contributed by atoms with Crippen LogP contribution in [-0.4, -0.2) is 43.1 Å². The van der Waals surface area contributed by atoms with E-state index in [-0.39, 0.29) is 17.9 Å². The summed E-state index contributed by atoms with van der Waals surface area (Å²) in [6.07, 6.45) is -0.184. The largest absolute Gasteiger partial charge is 0.417 e. The summed E-state index contributed by atoms with van der Waals surface area (Å²) in [6, 6.07) is 2.61. The van der Waals surface area contributed by atoms with Crippen molar-refractivity contribution < 1.29 is 18.0 Å². The molecule has 138 valence electrons. The maximum Gasteiger partial charge on any atom is 0.417 e. The van der Waals surface area contributed by atoms with Crippen molar-refractivity contribution in [3.05, 3.63) is 23.9 Å². The Kier molecular flexibility index (Phi) is 5.46. The Balaban J connectivity index is 1.49. The van der Waals surface area contributed by atoms with Crippen LogP contribution in [0.4, 0.5) is 19.0 Å². The number of nitrogens with one attached hydrogen (secondary N) is 2. The Morgan fingerprint density at radius 2 is 1.84 bits per heavy atom. The third-order valence-corrected chi connectivity index (χ3v) is 4.95. The molecular weight excluding hydrogens is 333 g/mol. The van der Waals surface area contributed by atoms with E-state index < -0.39 is 11.7 Å². The third-order valence-electron chi connectivity index (χ3n) is 4.95. The fourth-order valence-corrected chi connectivity index (χ4v) is 3.40. The molecule has 1 aromatic rings. The van der Waals surface area contributed by atoms with Crippen molar-refractivity contribution in [2.75, 3.05) is 31.1 Å². The van der Waals surface area contributed by atoms with Crippen LogP contribution < -0.4 is 15.5 Å². The van der Waals surface area contributed by atoms with Crippen LogP contribution in [0, 0.1) is 5.92 Å². The molecule has 2 saturated heterocycles. The molecule has 0 saturated carbocycles. The van der Waals surface area contributed by atoms with E-state index in [1.54, 1.807) is 0 Å². The van der Waals surface area contributed by atoms with Gasteiger partial charge in [-0.3, -0.25) is 4.79 Å². The molecule has 2 fully saturated rings. The predicted octanol–water partition coefficient (Wildman–Crippen LogP) is 2.18. The van der Waals surface area contributed by atoms with E-state index in [0.717, 1.165) is 51.0 Å². The second-order valence-electron chi connectivity index (χ2n) is 6.70. The van der Waals surface area contributed by atoms with Crippen LogP contribution in [0.1, 0.15) is 31.2 Å². The Hall–Kier alpha value is -1.83. The summed E-state index contributed by atoms with van der Waals surface area (Å²) in [6.45, 7) is 3.12. The topological polar surface area (TPSA) is 57.3 Å². The van der Waals surface area contributed by atoms with Crippen LogP contribution in [-0.2, 0) is 11.0 Å². The quantitative estimate of drug-likeness (QED) is 0.872. The third kappa shape index (κ3) is 4.62. The molecule has 1 amide bonds. The van der Waals surface area contributed by atoms with E-state index in [1.807, 2.05) is 4.90 Å². The number of anilines is 1. The molecule has 0 spiro atoms. The Morgan fingerprint density at radius 3 is 2.40 bits per heavy atom. The molecule has 0 aromatic carbocycles. The van der Waals surface area contributed by atoms with E-state index >= 15 is 0 Å². The summed E-state index contributed by atoms with van der Waals surface area (Å²) >= 11 is 0. The first-order valence-corrected chi connectivity index (χ1v) is 8.73. The zero-order valence-corrected chi connectivity index (χ0v) is 14.0. The summed E-state index contributed by atoms with van der Waals surface area (Å²) in [5, 5.41) is 6.37. The van der Waals surface area contributed by atoms with Crippen molar-refractivity contribution in [1.29, 1.82) is 0 Å². The highest BCUT2D eigenvalue weighted by molar-refractivity contribution is 5.79. The maximum absolute atomic E-state index is 12.6. The number of carbonyl (C=O) groups is 1. The molecule has 1 aromatic heterocycles. The highest BCUT2D eigenvalue weighted by Crippen LogP contribution is 2.29. The van der Waals surface area contributed by atoms with E-state index in [4.69, 9.17) is 0 Å². The minimum Gasteiger partial charge on any atom is -0.356 e. The molecule has 0 aliphatic carbocycles. The summed E-state index contributed by atoms with van der Waals surface area (Å²) < 4.78 is 37.8. The molecule has 25 heavy (non-hydrogen) atoms. The smallest absolute Gasteiger partial charge is 0.356 e. The van der Waals surface area contributed by atoms with Gasteiger partial charge in [0.15, 0.2) is 0 Å². The standard InChI is InChI=1S/C17H23F3N4O/c18-17(19,20)13-1-2-15(22-11-13)24-9-5-14(6-10-24)23-16(25)12-3-7-21-8-4-12/h1-2,11-12,14,21H,3-10H2,(H,23,25). The lowest BCUT2D eigenvalue weighted by molar-refractivity contribution is -0.137. The molecular formula is C17H23F3N4O. The van der Waals surface area contributed by atoms with Crippen LogP contribution in [0.5, 0.6) is 0 Å². The van der Waals surface area contributed by atoms with Gasteiger partial charge in [-0.05, 0) is 50.9 Å². The molecule has 0 bridgehead atoms. The number of piperidine rings is 2. The molecule has 3 rings (SSSR count). The van der Waals surface area contributed by atoms with Gasteiger partial charge in [-0.25, -0.2) is 4.98 Å². The summed E-state index contributed by atoms with van der Waals surface area (Å²) in [5.41, 5.74) is -0.736. The molecule has 0 radical (unpaired) electrons. The molecule has 2 aliphatic heterocycles. The van der Waals surface area contributed by atoms with Crippen molar-refractivity contribution in [1.82, 2.24) is 15.6 Å². The molecule has 2 aliphatic rings. The van der Waals surface area contributed by atoms with Crippen LogP contribution >= 0.6 is 0 Å². The molecule has 3 heterocycles. The van der Waals surface area contributed by atoms with Gasteiger partial charge >= 0.3 is 6.18 Å². The van der Waals surface area contributed by atoms with Crippen LogP contribution in [0.3, 0.4) is 0 Å². The van der Waals surface area contributed by atoms with E-state index in [0.29, 0.717) is 18.9 Å². The lowest BCUT2D eigenvalue weighted by Gasteiger charge is -2.34. The highest BCUT2D eigenvalue weighted by Gasteiger charge is 2.31. The van der Waals surface area contributed by atoms with Crippen molar-refractivity contribution in [2.45, 2.75) is 37.9 Å². The number of pyridine rings is 1. The monoisotopic (exact) mass is 356 g/mol. The van der Waals surface area contributed by atoms with Gasteiger partial charge in [0.25, 0.3) is 0 Å². The summed E-state index contributed by atoms with van der Waals surface area (Å²) in [7, 11) is 0. The lowest BCUT2D eigenvalue weighted by Crippen LogP contribution is -2.47. The average Bonchev–Trinajstić information content (AvgIpc) is 2.62. The zero-order valence-electron chi connectivity index (χ0n) is 14.0. The molecule has 0 unspecified atom stereocenters. The number of aromatic nitrogens is 1. The van der Waals surface area contributed by atoms with Crippen molar-refractivity contribution in [3.63, 3.8) is 0 Å². The number of halogens is 3. The number of rotatable bonds is 3. The van der Waals surface area contributed by atoms with Gasteiger partial charge in [0, 0.05) is 31.2 Å². The second kappa shape index (κ2) is 7.59. The van der Waals surface area contributed by atoms with Crippen molar-refractivity contribution in [3.8, 4) is 0 Å². The Morgan fingerprint density at radius 1 is 1.16 bits per heavy atom. The van der Waals surface area contributed by atoms with Crippen molar-refractivity contribution in [2.24, 2.45) is 5.92 Å². The van der Waals surface area contributed by atoms with Gasteiger partial charge < -0.3 is 15.5 Å². The number of carbonyl (C=O) groups excluding carboxylic acids is 1. The SMILES string of the molecule is O=C(NC1CCN(c2ccc(C(F)(F)F)cn2)CC1)C1CCNCC1. The van der Waals surface area contributed by atoms with Crippen LogP contribution in [0.15, 0.2) is 18.3 Å². The second-order valence-corrected chi connectivity index (χ2v) is 6.70. The van der Waals surface area contributed by atoms with Gasteiger partial charge in [0.05, 0.1) is 5.56 Å². The number of amides is 1. The van der Waals surface area contributed by atoms with E-state index in [1.165, 1.54) is 6.07 Å². The fraction of sp³-hybridized carbons (Fsp3) is 0.647. The fourth-order valence-electron chi connectivity index (χ4n) is 3.40. The minimum atomic E-state index is -4.36. The van der Waals surface area contributed by atoms with Crippen LogP contribution in [0.25, 0.3) is 0 Å². The minimum absolute atomic E-state index is 0.0934. The molecule has 0 atom stereocenters. The van der Waals surface area contributed by atoms with Gasteiger partial charge in [0.1, 0.15) is 5.82 Å². The number of hydrogen-bond acceptors (Lipinski definition) is 4. The Labute approximate surface area is 145 Å². The van der Waals surface area contributed by atoms with Crippen molar-refractivity contribution >= 4 is 11.7 Å². The summed E-state index contributed by atoms with van der Waals surface area (Å²) in [5.74, 6) is 0.777.